The number of carbonyl (C=O) groups is 4. The summed E-state index contributed by atoms with van der Waals surface area (Å²) in [5, 5.41) is 9.91. The van der Waals surface area contributed by atoms with Crippen molar-refractivity contribution in [3.05, 3.63) is 0 Å². The first-order valence-electron chi connectivity index (χ1n) is 7.10. The predicted molar refractivity (Wildman–Crippen MR) is 74.2 cm³/mol. The van der Waals surface area contributed by atoms with Crippen molar-refractivity contribution in [2.45, 2.75) is 58.4 Å². The van der Waals surface area contributed by atoms with Gasteiger partial charge in [0.1, 0.15) is 12.7 Å². The first-order chi connectivity index (χ1) is 11.1. The maximum absolute atomic E-state index is 11.3. The van der Waals surface area contributed by atoms with Crippen molar-refractivity contribution in [1.29, 1.82) is 0 Å². The molecule has 10 nitrogen and oxygen atoms in total. The molecule has 24 heavy (non-hydrogen) atoms. The van der Waals surface area contributed by atoms with Crippen LogP contribution in [0.5, 0.6) is 0 Å². The Balaban J connectivity index is 3.03. The first kappa shape index (κ1) is 19.8. The summed E-state index contributed by atoms with van der Waals surface area (Å²) in [6.07, 6.45) is -6.55. The average Bonchev–Trinajstić information content (AvgIpc) is 2.70. The standard InChI is InChI=1S/C14H20O10/c1-6(15)20-5-10(21-7(2)16)11-12(22-8(3)17)13(14(19)24-11)23-9(4)18/h10-14,19H,5H2,1-4H3/t10-,11-,12-,13+,14+/m1/s1. The van der Waals surface area contributed by atoms with E-state index in [9.17, 15) is 24.3 Å². The topological polar surface area (TPSA) is 135 Å². The molecule has 0 spiro atoms. The van der Waals surface area contributed by atoms with Crippen molar-refractivity contribution in [2.75, 3.05) is 6.61 Å². The number of hydrogen-bond acceptors (Lipinski definition) is 10. The van der Waals surface area contributed by atoms with Crippen molar-refractivity contribution in [2.24, 2.45) is 0 Å². The largest absolute Gasteiger partial charge is 0.462 e. The number of aliphatic hydroxyl groups excluding tert-OH is 1. The van der Waals surface area contributed by atoms with Gasteiger partial charge in [-0.25, -0.2) is 0 Å². The molecule has 136 valence electrons. The van der Waals surface area contributed by atoms with Crippen LogP contribution in [-0.2, 0) is 42.9 Å². The molecule has 10 heteroatoms. The normalized spacial score (nSPS) is 27.0. The zero-order chi connectivity index (χ0) is 18.4. The van der Waals surface area contributed by atoms with Gasteiger partial charge in [-0.2, -0.15) is 0 Å². The molecule has 0 radical (unpaired) electrons. The van der Waals surface area contributed by atoms with Gasteiger partial charge in [-0.05, 0) is 0 Å². The Hall–Kier alpha value is -2.20. The Morgan fingerprint density at radius 2 is 1.46 bits per heavy atom. The lowest BCUT2D eigenvalue weighted by atomic mass is 10.1. The van der Waals surface area contributed by atoms with Crippen LogP contribution in [0.4, 0.5) is 0 Å². The van der Waals surface area contributed by atoms with E-state index in [1.54, 1.807) is 0 Å². The highest BCUT2D eigenvalue weighted by Gasteiger charge is 2.52. The maximum Gasteiger partial charge on any atom is 0.303 e. The molecule has 1 aliphatic rings. The Kier molecular flexibility index (Phi) is 7.11. The van der Waals surface area contributed by atoms with Crippen molar-refractivity contribution in [3.8, 4) is 0 Å². The van der Waals surface area contributed by atoms with E-state index in [0.29, 0.717) is 0 Å². The number of carbonyl (C=O) groups excluding carboxylic acids is 4. The van der Waals surface area contributed by atoms with Crippen LogP contribution in [0.1, 0.15) is 27.7 Å². The second-order valence-electron chi connectivity index (χ2n) is 5.09. The summed E-state index contributed by atoms with van der Waals surface area (Å²) in [5.41, 5.74) is 0. The van der Waals surface area contributed by atoms with Gasteiger partial charge in [0.15, 0.2) is 24.6 Å². The van der Waals surface area contributed by atoms with Gasteiger partial charge in [0, 0.05) is 27.7 Å². The molecular formula is C14H20O10. The number of hydrogen-bond donors (Lipinski definition) is 1. The van der Waals surface area contributed by atoms with Crippen molar-refractivity contribution >= 4 is 23.9 Å². The molecule has 0 aromatic heterocycles. The second-order valence-corrected chi connectivity index (χ2v) is 5.09. The Morgan fingerprint density at radius 3 is 1.92 bits per heavy atom. The van der Waals surface area contributed by atoms with E-state index in [-0.39, 0.29) is 0 Å². The van der Waals surface area contributed by atoms with Crippen molar-refractivity contribution in [1.82, 2.24) is 0 Å². The molecule has 0 saturated carbocycles. The van der Waals surface area contributed by atoms with Gasteiger partial charge in [0.25, 0.3) is 0 Å². The van der Waals surface area contributed by atoms with E-state index >= 15 is 0 Å². The molecular weight excluding hydrogens is 328 g/mol. The summed E-state index contributed by atoms with van der Waals surface area (Å²) >= 11 is 0. The zero-order valence-electron chi connectivity index (χ0n) is 13.7. The summed E-state index contributed by atoms with van der Waals surface area (Å²) in [6.45, 7) is 4.10. The molecule has 5 atom stereocenters. The van der Waals surface area contributed by atoms with Gasteiger partial charge in [0.2, 0.25) is 0 Å². The lowest BCUT2D eigenvalue weighted by Crippen LogP contribution is -2.46. The van der Waals surface area contributed by atoms with Gasteiger partial charge >= 0.3 is 23.9 Å². The maximum atomic E-state index is 11.3. The van der Waals surface area contributed by atoms with Gasteiger partial charge < -0.3 is 28.8 Å². The van der Waals surface area contributed by atoms with E-state index in [0.717, 1.165) is 27.7 Å². The van der Waals surface area contributed by atoms with Crippen LogP contribution < -0.4 is 0 Å². The molecule has 1 heterocycles. The summed E-state index contributed by atoms with van der Waals surface area (Å²) in [4.78, 5) is 44.7. The number of rotatable bonds is 6. The number of aliphatic hydroxyl groups is 1. The third-order valence-electron chi connectivity index (χ3n) is 2.96. The molecule has 0 bridgehead atoms. The van der Waals surface area contributed by atoms with E-state index in [4.69, 9.17) is 23.7 Å². The summed E-state index contributed by atoms with van der Waals surface area (Å²) in [7, 11) is 0. The molecule has 0 unspecified atom stereocenters. The van der Waals surface area contributed by atoms with Gasteiger partial charge in [-0.3, -0.25) is 19.2 Å². The minimum Gasteiger partial charge on any atom is -0.462 e. The lowest BCUT2D eigenvalue weighted by Gasteiger charge is -2.27. The highest BCUT2D eigenvalue weighted by molar-refractivity contribution is 5.68. The smallest absolute Gasteiger partial charge is 0.303 e. The molecule has 0 aromatic carbocycles. The minimum absolute atomic E-state index is 0.392. The molecule has 0 aliphatic carbocycles. The minimum atomic E-state index is -1.61. The van der Waals surface area contributed by atoms with Crippen LogP contribution in [0.2, 0.25) is 0 Å². The van der Waals surface area contributed by atoms with Crippen LogP contribution in [0.25, 0.3) is 0 Å². The average molecular weight is 348 g/mol. The highest BCUT2D eigenvalue weighted by Crippen LogP contribution is 2.29. The number of ether oxygens (including phenoxy) is 5. The molecule has 1 fully saturated rings. The predicted octanol–water partition coefficient (Wildman–Crippen LogP) is -0.938. The monoisotopic (exact) mass is 348 g/mol. The zero-order valence-corrected chi connectivity index (χ0v) is 13.7. The van der Waals surface area contributed by atoms with Crippen LogP contribution in [0.15, 0.2) is 0 Å². The Bertz CT molecular complexity index is 502. The summed E-state index contributed by atoms with van der Waals surface area (Å²) in [6, 6.07) is 0. The first-order valence-corrected chi connectivity index (χ1v) is 7.10. The fourth-order valence-electron chi connectivity index (χ4n) is 2.22. The second kappa shape index (κ2) is 8.60. The summed E-state index contributed by atoms with van der Waals surface area (Å²) in [5.74, 6) is -2.80. The van der Waals surface area contributed by atoms with Gasteiger partial charge in [-0.15, -0.1) is 0 Å². The van der Waals surface area contributed by atoms with Crippen LogP contribution >= 0.6 is 0 Å². The summed E-state index contributed by atoms with van der Waals surface area (Å²) < 4.78 is 25.0. The lowest BCUT2D eigenvalue weighted by molar-refractivity contribution is -0.184. The quantitative estimate of drug-likeness (QED) is 0.473. The van der Waals surface area contributed by atoms with Gasteiger partial charge in [0.05, 0.1) is 0 Å². The third-order valence-corrected chi connectivity index (χ3v) is 2.96. The van der Waals surface area contributed by atoms with E-state index in [2.05, 4.69) is 0 Å². The number of esters is 4. The molecule has 1 N–H and O–H groups in total. The van der Waals surface area contributed by atoms with Crippen LogP contribution in [0, 0.1) is 0 Å². The molecule has 1 aliphatic heterocycles. The van der Waals surface area contributed by atoms with Crippen LogP contribution in [0.3, 0.4) is 0 Å². The fraction of sp³-hybridized carbons (Fsp3) is 0.714. The van der Waals surface area contributed by atoms with E-state index in [1.165, 1.54) is 0 Å². The molecule has 0 amide bonds. The fourth-order valence-corrected chi connectivity index (χ4v) is 2.22. The SMILES string of the molecule is CC(=O)OC[C@@H](OC(C)=O)[C@H]1O[C@H](O)[C@@H](OC(C)=O)[C@@H]1OC(C)=O. The van der Waals surface area contributed by atoms with Crippen molar-refractivity contribution < 1.29 is 48.0 Å². The van der Waals surface area contributed by atoms with E-state index < -0.39 is 61.2 Å². The highest BCUT2D eigenvalue weighted by atomic mass is 16.7. The molecule has 1 saturated heterocycles. The van der Waals surface area contributed by atoms with Crippen molar-refractivity contribution in [3.63, 3.8) is 0 Å². The third kappa shape index (κ3) is 5.78. The Morgan fingerprint density at radius 1 is 0.917 bits per heavy atom. The van der Waals surface area contributed by atoms with Crippen LogP contribution in [-0.4, -0.2) is 66.3 Å². The van der Waals surface area contributed by atoms with E-state index in [1.807, 2.05) is 0 Å². The van der Waals surface area contributed by atoms with Gasteiger partial charge in [-0.1, -0.05) is 0 Å². The molecule has 1 rings (SSSR count). The molecule has 0 aromatic rings. The Labute approximate surface area is 137 Å².